The van der Waals surface area contributed by atoms with Crippen LogP contribution in [0.15, 0.2) is 48.5 Å². The number of hydrogen-bond donors (Lipinski definition) is 3. The molecule has 2 aromatic carbocycles. The molecule has 0 saturated carbocycles. The van der Waals surface area contributed by atoms with Crippen molar-refractivity contribution in [2.45, 2.75) is 0 Å². The quantitative estimate of drug-likeness (QED) is 0.335. The maximum atomic E-state index is 12.3. The molecule has 0 aliphatic carbocycles. The van der Waals surface area contributed by atoms with Crippen LogP contribution in [0, 0.1) is 3.57 Å². The Morgan fingerprint density at radius 1 is 1.04 bits per heavy atom. The third-order valence-corrected chi connectivity index (χ3v) is 4.50. The van der Waals surface area contributed by atoms with Gasteiger partial charge in [0.1, 0.15) is 0 Å². The van der Waals surface area contributed by atoms with Gasteiger partial charge in [-0.15, -0.1) is 0 Å². The van der Waals surface area contributed by atoms with Crippen molar-refractivity contribution >= 4 is 57.4 Å². The Balaban J connectivity index is 2.04. The van der Waals surface area contributed by atoms with E-state index in [1.807, 2.05) is 12.1 Å². The Kier molecular flexibility index (Phi) is 7.95. The second-order valence-electron chi connectivity index (χ2n) is 5.18. The summed E-state index contributed by atoms with van der Waals surface area (Å²) >= 11 is 7.30. The van der Waals surface area contributed by atoms with E-state index in [1.165, 1.54) is 0 Å². The average molecular weight is 483 g/mol. The van der Waals surface area contributed by atoms with Gasteiger partial charge in [0.2, 0.25) is 0 Å². The predicted molar refractivity (Wildman–Crippen MR) is 113 cm³/mol. The van der Waals surface area contributed by atoms with E-state index >= 15 is 0 Å². The van der Waals surface area contributed by atoms with Gasteiger partial charge in [0, 0.05) is 17.2 Å². The standard InChI is InChI=1S/C18H18IN3O3S/c1-25-11-10-20-16(23)13-7-3-5-9-15(13)21-18(26)22-17(24)12-6-2-4-8-14(12)19/h2-9H,10-11H2,1H3,(H,20,23)(H2,21,22,24,26). The van der Waals surface area contributed by atoms with Gasteiger partial charge in [0.15, 0.2) is 5.11 Å². The number of carbonyl (C=O) groups is 2. The van der Waals surface area contributed by atoms with Gasteiger partial charge in [-0.3, -0.25) is 14.9 Å². The highest BCUT2D eigenvalue weighted by Gasteiger charge is 2.14. The zero-order valence-corrected chi connectivity index (χ0v) is 17.0. The molecule has 0 bridgehead atoms. The molecule has 6 nitrogen and oxygen atoms in total. The van der Waals surface area contributed by atoms with Gasteiger partial charge < -0.3 is 15.4 Å². The van der Waals surface area contributed by atoms with Gasteiger partial charge >= 0.3 is 0 Å². The normalized spacial score (nSPS) is 10.1. The van der Waals surface area contributed by atoms with Crippen LogP contribution in [0.5, 0.6) is 0 Å². The molecule has 136 valence electrons. The van der Waals surface area contributed by atoms with E-state index in [1.54, 1.807) is 43.5 Å². The highest BCUT2D eigenvalue weighted by Crippen LogP contribution is 2.15. The largest absolute Gasteiger partial charge is 0.383 e. The van der Waals surface area contributed by atoms with E-state index in [9.17, 15) is 9.59 Å². The number of ether oxygens (including phenoxy) is 1. The second-order valence-corrected chi connectivity index (χ2v) is 6.75. The molecule has 8 heteroatoms. The maximum Gasteiger partial charge on any atom is 0.258 e. The zero-order valence-electron chi connectivity index (χ0n) is 14.0. The third kappa shape index (κ3) is 5.75. The number of para-hydroxylation sites is 1. The van der Waals surface area contributed by atoms with Gasteiger partial charge in [-0.2, -0.15) is 0 Å². The molecule has 0 aliphatic rings. The minimum atomic E-state index is -0.311. The van der Waals surface area contributed by atoms with E-state index in [0.29, 0.717) is 30.0 Å². The summed E-state index contributed by atoms with van der Waals surface area (Å²) in [5.74, 6) is -0.564. The first-order chi connectivity index (χ1) is 12.5. The fourth-order valence-corrected chi connectivity index (χ4v) is 2.96. The summed E-state index contributed by atoms with van der Waals surface area (Å²) in [5.41, 5.74) is 1.47. The average Bonchev–Trinajstić information content (AvgIpc) is 2.62. The van der Waals surface area contributed by atoms with Crippen molar-refractivity contribution in [2.75, 3.05) is 25.6 Å². The number of rotatable bonds is 6. The van der Waals surface area contributed by atoms with Gasteiger partial charge in [-0.25, -0.2) is 0 Å². The Morgan fingerprint density at radius 3 is 2.38 bits per heavy atom. The van der Waals surface area contributed by atoms with Crippen LogP contribution in [0.3, 0.4) is 0 Å². The second kappa shape index (κ2) is 10.2. The molecule has 0 atom stereocenters. The van der Waals surface area contributed by atoms with E-state index in [4.69, 9.17) is 17.0 Å². The highest BCUT2D eigenvalue weighted by molar-refractivity contribution is 14.1. The molecular formula is C18H18IN3O3S. The van der Waals surface area contributed by atoms with Crippen LogP contribution in [0.25, 0.3) is 0 Å². The van der Waals surface area contributed by atoms with Gasteiger partial charge in [0.25, 0.3) is 11.8 Å². The molecule has 2 amide bonds. The molecular weight excluding hydrogens is 465 g/mol. The highest BCUT2D eigenvalue weighted by atomic mass is 127. The van der Waals surface area contributed by atoms with Crippen LogP contribution < -0.4 is 16.0 Å². The smallest absolute Gasteiger partial charge is 0.258 e. The Morgan fingerprint density at radius 2 is 1.69 bits per heavy atom. The molecule has 26 heavy (non-hydrogen) atoms. The lowest BCUT2D eigenvalue weighted by Crippen LogP contribution is -2.35. The van der Waals surface area contributed by atoms with E-state index in [0.717, 1.165) is 3.57 Å². The summed E-state index contributed by atoms with van der Waals surface area (Å²) < 4.78 is 5.74. The fraction of sp³-hybridized carbons (Fsp3) is 0.167. The molecule has 0 radical (unpaired) electrons. The third-order valence-electron chi connectivity index (χ3n) is 3.36. The summed E-state index contributed by atoms with van der Waals surface area (Å²) in [6, 6.07) is 14.1. The van der Waals surface area contributed by atoms with E-state index in [-0.39, 0.29) is 16.9 Å². The number of nitrogens with one attached hydrogen (secondary N) is 3. The van der Waals surface area contributed by atoms with Gasteiger partial charge in [0.05, 0.1) is 23.4 Å². The number of benzene rings is 2. The van der Waals surface area contributed by atoms with Gasteiger partial charge in [-0.1, -0.05) is 24.3 Å². The van der Waals surface area contributed by atoms with Crippen molar-refractivity contribution in [1.82, 2.24) is 10.6 Å². The lowest BCUT2D eigenvalue weighted by atomic mass is 10.1. The SMILES string of the molecule is COCCNC(=O)c1ccccc1NC(=S)NC(=O)c1ccccc1I. The number of methoxy groups -OCH3 is 1. The molecule has 0 heterocycles. The lowest BCUT2D eigenvalue weighted by Gasteiger charge is -2.14. The zero-order chi connectivity index (χ0) is 18.9. The number of thiocarbonyl (C=S) groups is 1. The van der Waals surface area contributed by atoms with Crippen LogP contribution in [-0.4, -0.2) is 37.2 Å². The van der Waals surface area contributed by atoms with E-state index < -0.39 is 0 Å². The lowest BCUT2D eigenvalue weighted by molar-refractivity contribution is 0.0936. The summed E-state index contributed by atoms with van der Waals surface area (Å²) in [6.07, 6.45) is 0. The van der Waals surface area contributed by atoms with Crippen LogP contribution in [-0.2, 0) is 4.74 Å². The minimum Gasteiger partial charge on any atom is -0.383 e. The number of halogens is 1. The minimum absolute atomic E-state index is 0.117. The first-order valence-corrected chi connectivity index (χ1v) is 9.24. The first kappa shape index (κ1) is 20.3. The van der Waals surface area contributed by atoms with Gasteiger partial charge in [-0.05, 0) is 59.1 Å². The molecule has 3 N–H and O–H groups in total. The van der Waals surface area contributed by atoms with Crippen molar-refractivity contribution < 1.29 is 14.3 Å². The molecule has 2 aromatic rings. The van der Waals surface area contributed by atoms with Crippen LogP contribution in [0.1, 0.15) is 20.7 Å². The Labute approximate surface area is 170 Å². The Bertz CT molecular complexity index is 814. The molecule has 0 saturated heterocycles. The maximum absolute atomic E-state index is 12.3. The van der Waals surface area contributed by atoms with Crippen molar-refractivity contribution in [1.29, 1.82) is 0 Å². The van der Waals surface area contributed by atoms with Crippen LogP contribution in [0.4, 0.5) is 5.69 Å². The summed E-state index contributed by atoms with van der Waals surface area (Å²) in [6.45, 7) is 0.822. The van der Waals surface area contributed by atoms with Crippen molar-refractivity contribution in [3.05, 3.63) is 63.2 Å². The summed E-state index contributed by atoms with van der Waals surface area (Å²) in [5, 5.41) is 8.41. The molecule has 0 aliphatic heterocycles. The number of amides is 2. The van der Waals surface area contributed by atoms with Crippen LogP contribution >= 0.6 is 34.8 Å². The monoisotopic (exact) mass is 483 g/mol. The van der Waals surface area contributed by atoms with E-state index in [2.05, 4.69) is 38.5 Å². The molecule has 0 fully saturated rings. The Hall–Kier alpha value is -2.04. The van der Waals surface area contributed by atoms with Crippen molar-refractivity contribution in [3.63, 3.8) is 0 Å². The first-order valence-electron chi connectivity index (χ1n) is 7.76. The predicted octanol–water partition coefficient (Wildman–Crippen LogP) is 2.79. The topological polar surface area (TPSA) is 79.5 Å². The summed E-state index contributed by atoms with van der Waals surface area (Å²) in [4.78, 5) is 24.6. The van der Waals surface area contributed by atoms with Crippen molar-refractivity contribution in [2.24, 2.45) is 0 Å². The molecule has 2 rings (SSSR count). The summed E-state index contributed by atoms with van der Waals surface area (Å²) in [7, 11) is 1.57. The number of carbonyl (C=O) groups excluding carboxylic acids is 2. The molecule has 0 unspecified atom stereocenters. The number of anilines is 1. The molecule has 0 spiro atoms. The number of hydrogen-bond acceptors (Lipinski definition) is 4. The molecule has 0 aromatic heterocycles. The van der Waals surface area contributed by atoms with Crippen LogP contribution in [0.2, 0.25) is 0 Å². The fourth-order valence-electron chi connectivity index (χ4n) is 2.12. The van der Waals surface area contributed by atoms with Crippen molar-refractivity contribution in [3.8, 4) is 0 Å².